The predicted octanol–water partition coefficient (Wildman–Crippen LogP) is 3.59. The van der Waals surface area contributed by atoms with Crippen molar-refractivity contribution in [3.63, 3.8) is 0 Å². The van der Waals surface area contributed by atoms with E-state index in [9.17, 15) is 5.11 Å². The van der Waals surface area contributed by atoms with Crippen LogP contribution >= 0.6 is 0 Å². The van der Waals surface area contributed by atoms with Crippen LogP contribution in [0, 0.1) is 11.3 Å². The maximum atomic E-state index is 9.79. The maximum absolute atomic E-state index is 9.79. The van der Waals surface area contributed by atoms with Gasteiger partial charge in [0.1, 0.15) is 11.4 Å². The number of nitrogens with zero attached hydrogens (tertiary/aromatic N) is 2. The number of aromatic nitrogens is 1. The second-order valence-corrected chi connectivity index (χ2v) is 4.28. The Labute approximate surface area is 115 Å². The molecule has 0 fully saturated rings. The topological polar surface area (TPSA) is 70.0 Å². The molecule has 1 heterocycles. The maximum Gasteiger partial charge on any atom is 0.171 e. The Kier molecular flexibility index (Phi) is 2.94. The number of hydrogen-bond acceptors (Lipinski definition) is 4. The molecule has 0 saturated carbocycles. The van der Waals surface area contributed by atoms with Gasteiger partial charge in [0, 0.05) is 11.6 Å². The molecule has 0 spiro atoms. The summed E-state index contributed by atoms with van der Waals surface area (Å²) in [6.45, 7) is 0. The minimum absolute atomic E-state index is 0.148. The van der Waals surface area contributed by atoms with Gasteiger partial charge in [-0.15, -0.1) is 0 Å². The average Bonchev–Trinajstić information content (AvgIpc) is 2.97. The quantitative estimate of drug-likeness (QED) is 0.766. The summed E-state index contributed by atoms with van der Waals surface area (Å²) < 4.78 is 5.27. The molecule has 0 bridgehead atoms. The first kappa shape index (κ1) is 12.0. The molecule has 3 rings (SSSR count). The predicted molar refractivity (Wildman–Crippen MR) is 73.8 cm³/mol. The zero-order chi connectivity index (χ0) is 13.9. The van der Waals surface area contributed by atoms with Crippen LogP contribution in [0.5, 0.6) is 5.75 Å². The van der Waals surface area contributed by atoms with Gasteiger partial charge in [-0.3, -0.25) is 0 Å². The zero-order valence-electron chi connectivity index (χ0n) is 10.4. The minimum Gasteiger partial charge on any atom is -0.507 e. The van der Waals surface area contributed by atoms with Crippen molar-refractivity contribution in [1.82, 2.24) is 5.16 Å². The smallest absolute Gasteiger partial charge is 0.171 e. The summed E-state index contributed by atoms with van der Waals surface area (Å²) in [5.74, 6) is 0.650. The molecule has 0 aliphatic carbocycles. The van der Waals surface area contributed by atoms with Gasteiger partial charge >= 0.3 is 0 Å². The molecule has 1 N–H and O–H groups in total. The van der Waals surface area contributed by atoms with Crippen LogP contribution in [0.1, 0.15) is 5.56 Å². The van der Waals surface area contributed by atoms with Crippen molar-refractivity contribution < 1.29 is 9.63 Å². The molecule has 2 aromatic carbocycles. The molecule has 0 amide bonds. The summed E-state index contributed by atoms with van der Waals surface area (Å²) in [5, 5.41) is 22.5. The summed E-state index contributed by atoms with van der Waals surface area (Å²) in [7, 11) is 0. The second-order valence-electron chi connectivity index (χ2n) is 4.28. The number of rotatable bonds is 2. The molecule has 96 valence electrons. The van der Waals surface area contributed by atoms with E-state index in [0.29, 0.717) is 22.6 Å². The van der Waals surface area contributed by atoms with E-state index >= 15 is 0 Å². The van der Waals surface area contributed by atoms with Crippen LogP contribution in [0.4, 0.5) is 0 Å². The van der Waals surface area contributed by atoms with E-state index in [1.54, 1.807) is 36.4 Å². The second kappa shape index (κ2) is 4.90. The molecular weight excluding hydrogens is 252 g/mol. The van der Waals surface area contributed by atoms with Crippen molar-refractivity contribution in [2.24, 2.45) is 0 Å². The Morgan fingerprint density at radius 3 is 2.50 bits per heavy atom. The molecule has 4 nitrogen and oxygen atoms in total. The SMILES string of the molecule is N#Cc1ccc(-c2cc(-c3ccccc3O)on2)cc1. The molecule has 0 radical (unpaired) electrons. The van der Waals surface area contributed by atoms with E-state index in [2.05, 4.69) is 11.2 Å². The number of hydrogen-bond donors (Lipinski definition) is 1. The number of nitriles is 1. The Balaban J connectivity index is 1.98. The fourth-order valence-electron chi connectivity index (χ4n) is 1.94. The van der Waals surface area contributed by atoms with E-state index in [0.717, 1.165) is 5.56 Å². The van der Waals surface area contributed by atoms with Crippen LogP contribution in [0.3, 0.4) is 0 Å². The number of aromatic hydroxyl groups is 1. The van der Waals surface area contributed by atoms with Crippen molar-refractivity contribution in [3.8, 4) is 34.4 Å². The van der Waals surface area contributed by atoms with E-state index in [1.807, 2.05) is 18.2 Å². The third-order valence-electron chi connectivity index (χ3n) is 2.99. The minimum atomic E-state index is 0.148. The fourth-order valence-corrected chi connectivity index (χ4v) is 1.94. The van der Waals surface area contributed by atoms with Gasteiger partial charge in [0.15, 0.2) is 5.76 Å². The van der Waals surface area contributed by atoms with Crippen molar-refractivity contribution in [2.45, 2.75) is 0 Å². The van der Waals surface area contributed by atoms with Crippen LogP contribution in [0.15, 0.2) is 59.1 Å². The normalized spacial score (nSPS) is 10.2. The highest BCUT2D eigenvalue weighted by atomic mass is 16.5. The number of phenolic OH excluding ortho intramolecular Hbond substituents is 1. The molecule has 4 heteroatoms. The van der Waals surface area contributed by atoms with E-state index in [1.165, 1.54) is 0 Å². The van der Waals surface area contributed by atoms with Gasteiger partial charge in [-0.05, 0) is 24.3 Å². The van der Waals surface area contributed by atoms with Gasteiger partial charge in [0.05, 0.1) is 17.2 Å². The first-order chi connectivity index (χ1) is 9.78. The van der Waals surface area contributed by atoms with E-state index < -0.39 is 0 Å². The lowest BCUT2D eigenvalue weighted by Crippen LogP contribution is -1.78. The Hall–Kier alpha value is -3.06. The highest BCUT2D eigenvalue weighted by molar-refractivity contribution is 5.70. The van der Waals surface area contributed by atoms with Crippen LogP contribution < -0.4 is 0 Å². The Morgan fingerprint density at radius 2 is 1.80 bits per heavy atom. The number of benzene rings is 2. The molecule has 0 unspecified atom stereocenters. The molecule has 3 aromatic rings. The van der Waals surface area contributed by atoms with Gasteiger partial charge in [0.25, 0.3) is 0 Å². The Bertz CT molecular complexity index is 783. The number of phenols is 1. The lowest BCUT2D eigenvalue weighted by molar-refractivity contribution is 0.428. The largest absolute Gasteiger partial charge is 0.507 e. The summed E-state index contributed by atoms with van der Waals surface area (Å²) in [6.07, 6.45) is 0. The van der Waals surface area contributed by atoms with Gasteiger partial charge < -0.3 is 9.63 Å². The molecule has 0 aliphatic rings. The van der Waals surface area contributed by atoms with Crippen LogP contribution in [-0.4, -0.2) is 10.3 Å². The van der Waals surface area contributed by atoms with Crippen molar-refractivity contribution in [1.29, 1.82) is 5.26 Å². The van der Waals surface area contributed by atoms with Crippen molar-refractivity contribution >= 4 is 0 Å². The Morgan fingerprint density at radius 1 is 1.05 bits per heavy atom. The fraction of sp³-hybridized carbons (Fsp3) is 0. The molecule has 0 saturated heterocycles. The third kappa shape index (κ3) is 2.13. The van der Waals surface area contributed by atoms with Gasteiger partial charge in [-0.2, -0.15) is 5.26 Å². The van der Waals surface area contributed by atoms with Crippen molar-refractivity contribution in [2.75, 3.05) is 0 Å². The van der Waals surface area contributed by atoms with Crippen molar-refractivity contribution in [3.05, 3.63) is 60.2 Å². The van der Waals surface area contributed by atoms with Crippen LogP contribution in [0.2, 0.25) is 0 Å². The molecule has 1 aromatic heterocycles. The highest BCUT2D eigenvalue weighted by Gasteiger charge is 2.11. The lowest BCUT2D eigenvalue weighted by Gasteiger charge is -1.97. The van der Waals surface area contributed by atoms with Gasteiger partial charge in [-0.1, -0.05) is 29.4 Å². The number of para-hydroxylation sites is 1. The van der Waals surface area contributed by atoms with E-state index in [-0.39, 0.29) is 5.75 Å². The third-order valence-corrected chi connectivity index (χ3v) is 2.99. The van der Waals surface area contributed by atoms with E-state index in [4.69, 9.17) is 9.78 Å². The van der Waals surface area contributed by atoms with Crippen LogP contribution in [-0.2, 0) is 0 Å². The van der Waals surface area contributed by atoms with Gasteiger partial charge in [-0.25, -0.2) is 0 Å². The first-order valence-electron chi connectivity index (χ1n) is 6.03. The lowest BCUT2D eigenvalue weighted by atomic mass is 10.1. The average molecular weight is 262 g/mol. The first-order valence-corrected chi connectivity index (χ1v) is 6.03. The summed E-state index contributed by atoms with van der Waals surface area (Å²) >= 11 is 0. The zero-order valence-corrected chi connectivity index (χ0v) is 10.4. The van der Waals surface area contributed by atoms with Gasteiger partial charge in [0.2, 0.25) is 0 Å². The van der Waals surface area contributed by atoms with Crippen LogP contribution in [0.25, 0.3) is 22.6 Å². The molecule has 20 heavy (non-hydrogen) atoms. The summed E-state index contributed by atoms with van der Waals surface area (Å²) in [4.78, 5) is 0. The highest BCUT2D eigenvalue weighted by Crippen LogP contribution is 2.31. The molecule has 0 atom stereocenters. The standard InChI is InChI=1S/C16H10N2O2/c17-10-11-5-7-12(8-6-11)14-9-16(20-18-14)13-3-1-2-4-15(13)19/h1-9,19H. The summed E-state index contributed by atoms with van der Waals surface area (Å²) in [6, 6.07) is 17.8. The monoisotopic (exact) mass is 262 g/mol. The molecule has 0 aliphatic heterocycles. The molecular formula is C16H10N2O2. The summed E-state index contributed by atoms with van der Waals surface area (Å²) in [5.41, 5.74) is 2.71.